The molecule has 3 nitrogen and oxygen atoms in total. The molecule has 0 aliphatic rings. The molecule has 0 fully saturated rings. The van der Waals surface area contributed by atoms with Crippen molar-refractivity contribution in [2.75, 3.05) is 18.6 Å². The first-order chi connectivity index (χ1) is 6.37. The molecule has 14 heavy (non-hydrogen) atoms. The van der Waals surface area contributed by atoms with Gasteiger partial charge in [-0.25, -0.2) is 0 Å². The van der Waals surface area contributed by atoms with E-state index in [0.29, 0.717) is 12.6 Å². The number of rotatable bonds is 7. The van der Waals surface area contributed by atoms with Crippen LogP contribution in [-0.4, -0.2) is 39.5 Å². The Balaban J connectivity index is 3.63. The molecule has 0 saturated carbocycles. The van der Waals surface area contributed by atoms with Crippen LogP contribution in [0.5, 0.6) is 0 Å². The molecule has 0 heterocycles. The Hall–Kier alpha value is 0.0700. The first-order valence-corrected chi connectivity index (χ1v) is 6.86. The first kappa shape index (κ1) is 14.1. The van der Waals surface area contributed by atoms with Gasteiger partial charge >= 0.3 is 0 Å². The molecule has 0 rings (SSSR count). The number of hydrogen-bond donors (Lipinski definition) is 2. The van der Waals surface area contributed by atoms with Gasteiger partial charge in [0.25, 0.3) is 0 Å². The number of aliphatic hydroxyl groups is 1. The molecule has 0 aliphatic carbocycles. The highest BCUT2D eigenvalue weighted by molar-refractivity contribution is 7.84. The fraction of sp³-hybridized carbons (Fsp3) is 1.00. The minimum Gasteiger partial charge on any atom is -0.389 e. The molecule has 0 amide bonds. The van der Waals surface area contributed by atoms with Crippen LogP contribution in [0.1, 0.15) is 33.6 Å². The summed E-state index contributed by atoms with van der Waals surface area (Å²) in [6.45, 7) is 6.44. The monoisotopic (exact) mass is 221 g/mol. The van der Waals surface area contributed by atoms with Crippen LogP contribution in [0.2, 0.25) is 0 Å². The summed E-state index contributed by atoms with van der Waals surface area (Å²) in [4.78, 5) is 0. The molecule has 0 aliphatic heterocycles. The van der Waals surface area contributed by atoms with E-state index in [1.807, 2.05) is 13.8 Å². The van der Waals surface area contributed by atoms with Crippen LogP contribution in [0.15, 0.2) is 0 Å². The van der Waals surface area contributed by atoms with Crippen molar-refractivity contribution in [3.63, 3.8) is 0 Å². The average Bonchev–Trinajstić information content (AvgIpc) is 2.11. The van der Waals surface area contributed by atoms with Gasteiger partial charge in [-0.3, -0.25) is 4.21 Å². The Morgan fingerprint density at radius 3 is 2.57 bits per heavy atom. The Morgan fingerprint density at radius 2 is 2.14 bits per heavy atom. The van der Waals surface area contributed by atoms with Crippen molar-refractivity contribution in [1.82, 2.24) is 5.32 Å². The SMILES string of the molecule is CCC(C)(O)CNC(C)CCS(C)=O. The Bertz CT molecular complexity index is 183. The highest BCUT2D eigenvalue weighted by Gasteiger charge is 2.17. The van der Waals surface area contributed by atoms with Gasteiger partial charge in [-0.1, -0.05) is 6.92 Å². The zero-order chi connectivity index (χ0) is 11.2. The lowest BCUT2D eigenvalue weighted by Gasteiger charge is -2.24. The van der Waals surface area contributed by atoms with Gasteiger partial charge in [0.1, 0.15) is 0 Å². The third-order valence-corrected chi connectivity index (χ3v) is 3.24. The molecule has 86 valence electrons. The van der Waals surface area contributed by atoms with Crippen LogP contribution in [0, 0.1) is 0 Å². The van der Waals surface area contributed by atoms with Crippen LogP contribution in [0.4, 0.5) is 0 Å². The van der Waals surface area contributed by atoms with Crippen molar-refractivity contribution in [2.24, 2.45) is 0 Å². The Kier molecular flexibility index (Phi) is 6.57. The highest BCUT2D eigenvalue weighted by Crippen LogP contribution is 2.06. The molecular formula is C10H23NO2S. The normalized spacial score (nSPS) is 20.1. The van der Waals surface area contributed by atoms with Gasteiger partial charge in [0, 0.05) is 35.4 Å². The van der Waals surface area contributed by atoms with Crippen LogP contribution in [0.25, 0.3) is 0 Å². The fourth-order valence-corrected chi connectivity index (χ4v) is 1.65. The van der Waals surface area contributed by atoms with Crippen molar-refractivity contribution < 1.29 is 9.32 Å². The zero-order valence-corrected chi connectivity index (χ0v) is 10.5. The molecule has 3 unspecified atom stereocenters. The molecule has 4 heteroatoms. The van der Waals surface area contributed by atoms with E-state index in [9.17, 15) is 9.32 Å². The molecule has 0 spiro atoms. The molecule has 3 atom stereocenters. The summed E-state index contributed by atoms with van der Waals surface area (Å²) in [6, 6.07) is 0.317. The van der Waals surface area contributed by atoms with Crippen LogP contribution in [-0.2, 0) is 10.8 Å². The molecule has 0 aromatic rings. The molecular weight excluding hydrogens is 198 g/mol. The van der Waals surface area contributed by atoms with Crippen LogP contribution >= 0.6 is 0 Å². The number of nitrogens with one attached hydrogen (secondary N) is 1. The van der Waals surface area contributed by atoms with Gasteiger partial charge < -0.3 is 10.4 Å². The van der Waals surface area contributed by atoms with Crippen molar-refractivity contribution in [1.29, 1.82) is 0 Å². The molecule has 0 saturated heterocycles. The fourth-order valence-electron chi connectivity index (χ4n) is 0.964. The van der Waals surface area contributed by atoms with Crippen LogP contribution in [0.3, 0.4) is 0 Å². The van der Waals surface area contributed by atoms with E-state index in [2.05, 4.69) is 12.2 Å². The van der Waals surface area contributed by atoms with Gasteiger partial charge in [-0.05, 0) is 26.7 Å². The summed E-state index contributed by atoms with van der Waals surface area (Å²) in [5.41, 5.74) is -0.625. The maximum absolute atomic E-state index is 10.8. The van der Waals surface area contributed by atoms with E-state index < -0.39 is 16.4 Å². The van der Waals surface area contributed by atoms with Crippen molar-refractivity contribution in [3.8, 4) is 0 Å². The molecule has 0 radical (unpaired) electrons. The standard InChI is InChI=1S/C10H23NO2S/c1-5-10(3,12)8-11-9(2)6-7-14(4)13/h9,11-12H,5-8H2,1-4H3. The van der Waals surface area contributed by atoms with Crippen LogP contribution < -0.4 is 5.32 Å². The zero-order valence-electron chi connectivity index (χ0n) is 9.67. The Morgan fingerprint density at radius 1 is 1.57 bits per heavy atom. The number of hydrogen-bond acceptors (Lipinski definition) is 3. The maximum Gasteiger partial charge on any atom is 0.0741 e. The van der Waals surface area contributed by atoms with Crippen molar-refractivity contribution >= 4 is 10.8 Å². The smallest absolute Gasteiger partial charge is 0.0741 e. The topological polar surface area (TPSA) is 49.3 Å². The maximum atomic E-state index is 10.8. The van der Waals surface area contributed by atoms with Gasteiger partial charge in [0.15, 0.2) is 0 Å². The lowest BCUT2D eigenvalue weighted by Crippen LogP contribution is -2.41. The third kappa shape index (κ3) is 7.47. The van der Waals surface area contributed by atoms with E-state index in [4.69, 9.17) is 0 Å². The highest BCUT2D eigenvalue weighted by atomic mass is 32.2. The lowest BCUT2D eigenvalue weighted by molar-refractivity contribution is 0.0533. The van der Waals surface area contributed by atoms with E-state index in [0.717, 1.165) is 18.6 Å². The molecule has 2 N–H and O–H groups in total. The van der Waals surface area contributed by atoms with Crippen molar-refractivity contribution in [3.05, 3.63) is 0 Å². The van der Waals surface area contributed by atoms with Gasteiger partial charge in [0.05, 0.1) is 5.60 Å². The minimum absolute atomic E-state index is 0.317. The summed E-state index contributed by atoms with van der Waals surface area (Å²) in [7, 11) is -0.715. The summed E-state index contributed by atoms with van der Waals surface area (Å²) in [6.07, 6.45) is 3.35. The second-order valence-corrected chi connectivity index (χ2v) is 5.75. The summed E-state index contributed by atoms with van der Waals surface area (Å²) >= 11 is 0. The largest absolute Gasteiger partial charge is 0.389 e. The van der Waals surface area contributed by atoms with Gasteiger partial charge in [-0.15, -0.1) is 0 Å². The quantitative estimate of drug-likeness (QED) is 0.671. The first-order valence-electron chi connectivity index (χ1n) is 5.13. The van der Waals surface area contributed by atoms with Gasteiger partial charge in [0.2, 0.25) is 0 Å². The van der Waals surface area contributed by atoms with Gasteiger partial charge in [-0.2, -0.15) is 0 Å². The predicted molar refractivity (Wildman–Crippen MR) is 61.9 cm³/mol. The van der Waals surface area contributed by atoms with E-state index in [1.54, 1.807) is 6.26 Å². The third-order valence-electron chi connectivity index (χ3n) is 2.43. The lowest BCUT2D eigenvalue weighted by atomic mass is 10.0. The molecule has 0 aromatic heterocycles. The molecule has 0 bridgehead atoms. The van der Waals surface area contributed by atoms with E-state index >= 15 is 0 Å². The summed E-state index contributed by atoms with van der Waals surface area (Å²) in [5, 5.41) is 13.0. The van der Waals surface area contributed by atoms with E-state index in [1.165, 1.54) is 0 Å². The Labute approximate surface area is 89.7 Å². The van der Waals surface area contributed by atoms with E-state index in [-0.39, 0.29) is 0 Å². The molecule has 0 aromatic carbocycles. The summed E-state index contributed by atoms with van der Waals surface area (Å²) < 4.78 is 10.8. The predicted octanol–water partition coefficient (Wildman–Crippen LogP) is 0.894. The second kappa shape index (κ2) is 6.53. The van der Waals surface area contributed by atoms with Crippen molar-refractivity contribution in [2.45, 2.75) is 45.3 Å². The minimum atomic E-state index is -0.715. The summed E-state index contributed by atoms with van der Waals surface area (Å²) in [5.74, 6) is 0.725. The second-order valence-electron chi connectivity index (χ2n) is 4.20. The average molecular weight is 221 g/mol.